The van der Waals surface area contributed by atoms with Gasteiger partial charge in [0.15, 0.2) is 0 Å². The fourth-order valence-electron chi connectivity index (χ4n) is 5.71. The number of fused-ring (bicyclic) bond motifs is 1. The summed E-state index contributed by atoms with van der Waals surface area (Å²) in [5.74, 6) is 1.33. The molecular weight excluding hydrogens is 503 g/mol. The number of aromatic nitrogens is 2. The van der Waals surface area contributed by atoms with E-state index >= 15 is 0 Å². The van der Waals surface area contributed by atoms with E-state index in [2.05, 4.69) is 65.6 Å². The van der Waals surface area contributed by atoms with Crippen molar-refractivity contribution in [3.05, 3.63) is 82.9 Å². The van der Waals surface area contributed by atoms with E-state index in [9.17, 15) is 13.2 Å². The molecule has 0 aliphatic carbocycles. The molecule has 1 aliphatic rings. The Balaban J connectivity index is 1.42. The number of likely N-dealkylation sites (tertiary alicyclic amines) is 1. The van der Waals surface area contributed by atoms with E-state index in [1.54, 1.807) is 12.1 Å². The zero-order valence-electron chi connectivity index (χ0n) is 22.1. The van der Waals surface area contributed by atoms with Crippen molar-refractivity contribution in [1.29, 1.82) is 0 Å². The summed E-state index contributed by atoms with van der Waals surface area (Å²) in [5, 5.41) is 4.15. The van der Waals surface area contributed by atoms with Gasteiger partial charge in [0.25, 0.3) is 0 Å². The molecule has 0 saturated carbocycles. The molecule has 2 atom stereocenters. The zero-order valence-corrected chi connectivity index (χ0v) is 22.9. The molecule has 200 valence electrons. The van der Waals surface area contributed by atoms with Crippen LogP contribution in [0.15, 0.2) is 60.7 Å². The first kappa shape index (κ1) is 26.8. The summed E-state index contributed by atoms with van der Waals surface area (Å²) in [5.41, 5.74) is 6.00. The highest BCUT2D eigenvalue weighted by Gasteiger charge is 2.30. The molecular formula is C31H34F3N3S. The molecule has 0 bridgehead atoms. The molecule has 0 radical (unpaired) electrons. The molecule has 3 nitrogen and oxygen atoms in total. The van der Waals surface area contributed by atoms with Gasteiger partial charge in [-0.05, 0) is 107 Å². The second-order valence-electron chi connectivity index (χ2n) is 11.1. The average Bonchev–Trinajstić information content (AvgIpc) is 3.36. The van der Waals surface area contributed by atoms with Gasteiger partial charge in [0.2, 0.25) is 0 Å². The van der Waals surface area contributed by atoms with Gasteiger partial charge in [-0.3, -0.25) is 4.90 Å². The number of halogens is 3. The number of alkyl halides is 3. The molecule has 2 heterocycles. The van der Waals surface area contributed by atoms with Crippen LogP contribution in [0.3, 0.4) is 0 Å². The zero-order chi connectivity index (χ0) is 26.9. The number of rotatable bonds is 7. The van der Waals surface area contributed by atoms with Gasteiger partial charge in [0, 0.05) is 13.1 Å². The third-order valence-electron chi connectivity index (χ3n) is 7.61. The van der Waals surface area contributed by atoms with Gasteiger partial charge >= 0.3 is 6.18 Å². The Bertz CT molecular complexity index is 1380. The summed E-state index contributed by atoms with van der Waals surface area (Å²) in [6, 6.07) is 18.7. The van der Waals surface area contributed by atoms with Gasteiger partial charge in [0.05, 0.1) is 10.3 Å². The van der Waals surface area contributed by atoms with Crippen molar-refractivity contribution in [3.8, 4) is 11.1 Å². The third-order valence-corrected chi connectivity index (χ3v) is 8.30. The summed E-state index contributed by atoms with van der Waals surface area (Å²) in [7, 11) is 0. The van der Waals surface area contributed by atoms with Gasteiger partial charge in [-0.15, -0.1) is 5.10 Å². The molecule has 3 aromatic carbocycles. The maximum absolute atomic E-state index is 13.2. The highest BCUT2D eigenvalue weighted by atomic mass is 32.1. The van der Waals surface area contributed by atoms with E-state index in [0.29, 0.717) is 17.8 Å². The smallest absolute Gasteiger partial charge is 0.298 e. The predicted molar refractivity (Wildman–Crippen MR) is 149 cm³/mol. The van der Waals surface area contributed by atoms with Crippen LogP contribution in [-0.2, 0) is 12.7 Å². The molecule has 5 rings (SSSR count). The molecule has 1 fully saturated rings. The fraction of sp³-hybridized carbons (Fsp3) is 0.419. The average molecular weight is 538 g/mol. The summed E-state index contributed by atoms with van der Waals surface area (Å²) >= 11 is 1.43. The normalized spacial score (nSPS) is 17.8. The molecule has 0 amide bonds. The molecule has 4 aromatic rings. The standard InChI is InChI=1S/C31H34F3N3S/c1-20(2)13-21(3)25-15-26(23-7-9-28(10-8-23)31(32,33)34)17-27(16-25)24-5-4-12-37(19-24)18-22-6-11-29-30(14-22)38-36-35-29/h6-11,14-17,20-21,24H,4-5,12-13,18-19H2,1-3H3. The number of nitrogens with zero attached hydrogens (tertiary/aromatic N) is 3. The van der Waals surface area contributed by atoms with E-state index < -0.39 is 11.7 Å². The first-order chi connectivity index (χ1) is 18.2. The Kier molecular flexibility index (Phi) is 7.87. The van der Waals surface area contributed by atoms with Crippen LogP contribution in [0.4, 0.5) is 13.2 Å². The lowest BCUT2D eigenvalue weighted by Gasteiger charge is -2.33. The van der Waals surface area contributed by atoms with Gasteiger partial charge in [-0.1, -0.05) is 61.7 Å². The van der Waals surface area contributed by atoms with Crippen molar-refractivity contribution in [2.24, 2.45) is 5.92 Å². The van der Waals surface area contributed by atoms with Crippen molar-refractivity contribution < 1.29 is 13.2 Å². The van der Waals surface area contributed by atoms with E-state index in [4.69, 9.17) is 0 Å². The molecule has 1 aliphatic heterocycles. The quantitative estimate of drug-likeness (QED) is 0.236. The van der Waals surface area contributed by atoms with E-state index in [1.165, 1.54) is 40.4 Å². The second-order valence-corrected chi connectivity index (χ2v) is 11.9. The highest BCUT2D eigenvalue weighted by molar-refractivity contribution is 7.12. The number of benzene rings is 3. The topological polar surface area (TPSA) is 29.0 Å². The lowest BCUT2D eigenvalue weighted by Crippen LogP contribution is -2.33. The van der Waals surface area contributed by atoms with Crippen LogP contribution in [-0.4, -0.2) is 27.6 Å². The maximum atomic E-state index is 13.2. The van der Waals surface area contributed by atoms with E-state index in [-0.39, 0.29) is 0 Å². The first-order valence-electron chi connectivity index (χ1n) is 13.4. The molecule has 7 heteroatoms. The van der Waals surface area contributed by atoms with Crippen LogP contribution < -0.4 is 0 Å². The third kappa shape index (κ3) is 6.26. The summed E-state index contributed by atoms with van der Waals surface area (Å²) in [6.45, 7) is 9.64. The maximum Gasteiger partial charge on any atom is 0.416 e. The minimum absolute atomic E-state index is 0.377. The molecule has 2 unspecified atom stereocenters. The van der Waals surface area contributed by atoms with Crippen LogP contribution in [0.1, 0.15) is 74.1 Å². The largest absolute Gasteiger partial charge is 0.416 e. The predicted octanol–water partition coefficient (Wildman–Crippen LogP) is 8.91. The van der Waals surface area contributed by atoms with Crippen LogP contribution in [0.5, 0.6) is 0 Å². The molecule has 0 spiro atoms. The lowest BCUT2D eigenvalue weighted by molar-refractivity contribution is -0.137. The number of hydrogen-bond acceptors (Lipinski definition) is 4. The van der Waals surface area contributed by atoms with Crippen LogP contribution in [0.2, 0.25) is 0 Å². The van der Waals surface area contributed by atoms with Crippen molar-refractivity contribution in [1.82, 2.24) is 14.5 Å². The van der Waals surface area contributed by atoms with Crippen molar-refractivity contribution >= 4 is 21.7 Å². The minimum Gasteiger partial charge on any atom is -0.298 e. The molecule has 1 saturated heterocycles. The van der Waals surface area contributed by atoms with E-state index in [1.807, 2.05) is 6.07 Å². The van der Waals surface area contributed by atoms with Gasteiger partial charge in [-0.25, -0.2) is 0 Å². The Labute approximate surface area is 226 Å². The lowest BCUT2D eigenvalue weighted by atomic mass is 9.83. The van der Waals surface area contributed by atoms with Gasteiger partial charge in [-0.2, -0.15) is 13.2 Å². The summed E-state index contributed by atoms with van der Waals surface area (Å²) < 4.78 is 44.7. The van der Waals surface area contributed by atoms with Crippen LogP contribution in [0, 0.1) is 5.92 Å². The highest BCUT2D eigenvalue weighted by Crippen LogP contribution is 2.36. The van der Waals surface area contributed by atoms with Gasteiger partial charge < -0.3 is 0 Å². The number of piperidine rings is 1. The van der Waals surface area contributed by atoms with Crippen LogP contribution >= 0.6 is 11.5 Å². The number of hydrogen-bond donors (Lipinski definition) is 0. The molecule has 0 N–H and O–H groups in total. The monoisotopic (exact) mass is 537 g/mol. The Hall–Kier alpha value is -2.77. The first-order valence-corrected chi connectivity index (χ1v) is 14.2. The minimum atomic E-state index is -4.33. The Morgan fingerprint density at radius 3 is 2.50 bits per heavy atom. The van der Waals surface area contributed by atoms with Gasteiger partial charge in [0.1, 0.15) is 5.52 Å². The Morgan fingerprint density at radius 2 is 1.76 bits per heavy atom. The summed E-state index contributed by atoms with van der Waals surface area (Å²) in [6.07, 6.45) is -1.02. The van der Waals surface area contributed by atoms with Crippen molar-refractivity contribution in [3.63, 3.8) is 0 Å². The van der Waals surface area contributed by atoms with Crippen LogP contribution in [0.25, 0.3) is 21.3 Å². The van der Waals surface area contributed by atoms with Crippen molar-refractivity contribution in [2.45, 2.75) is 64.6 Å². The summed E-state index contributed by atoms with van der Waals surface area (Å²) in [4.78, 5) is 2.52. The fourth-order valence-corrected chi connectivity index (χ4v) is 6.33. The second kappa shape index (κ2) is 11.1. The van der Waals surface area contributed by atoms with Crippen molar-refractivity contribution in [2.75, 3.05) is 13.1 Å². The molecule has 1 aromatic heterocycles. The molecule has 38 heavy (non-hydrogen) atoms. The SMILES string of the molecule is CC(C)CC(C)c1cc(-c2ccc(C(F)(F)F)cc2)cc(C2CCCN(Cc3ccc4nnsc4c3)C2)c1. The Morgan fingerprint density at radius 1 is 0.974 bits per heavy atom. The van der Waals surface area contributed by atoms with E-state index in [0.717, 1.165) is 60.2 Å².